The SMILES string of the molecule is Cc1ccc(N(C(=O)c2ccco2)C2CCN(CCC3(CCNS(C)(=O)=O)CCCCC3)CC2)nc1. The highest BCUT2D eigenvalue weighted by atomic mass is 32.2. The van der Waals surface area contributed by atoms with Crippen LogP contribution in [0, 0.1) is 12.3 Å². The highest BCUT2D eigenvalue weighted by Gasteiger charge is 2.35. The van der Waals surface area contributed by atoms with E-state index >= 15 is 0 Å². The minimum Gasteiger partial charge on any atom is -0.459 e. The van der Waals surface area contributed by atoms with Gasteiger partial charge in [0, 0.05) is 31.9 Å². The quantitative estimate of drug-likeness (QED) is 0.504. The van der Waals surface area contributed by atoms with Crippen LogP contribution in [-0.4, -0.2) is 62.7 Å². The summed E-state index contributed by atoms with van der Waals surface area (Å²) in [5.41, 5.74) is 1.28. The predicted octanol–water partition coefficient (Wildman–Crippen LogP) is 4.37. The fraction of sp³-hybridized carbons (Fsp3) is 0.630. The van der Waals surface area contributed by atoms with Crippen LogP contribution in [0.15, 0.2) is 41.1 Å². The minimum atomic E-state index is -3.15. The lowest BCUT2D eigenvalue weighted by atomic mass is 9.69. The number of aromatic nitrogens is 1. The summed E-state index contributed by atoms with van der Waals surface area (Å²) in [6.45, 7) is 5.38. The molecule has 0 radical (unpaired) electrons. The number of nitrogens with one attached hydrogen (secondary N) is 1. The van der Waals surface area contributed by atoms with Crippen molar-refractivity contribution in [2.24, 2.45) is 5.41 Å². The highest BCUT2D eigenvalue weighted by Crippen LogP contribution is 2.42. The van der Waals surface area contributed by atoms with Crippen LogP contribution in [0.1, 0.15) is 73.9 Å². The number of amides is 1. The molecule has 2 aromatic rings. The van der Waals surface area contributed by atoms with Crippen molar-refractivity contribution in [3.05, 3.63) is 48.0 Å². The number of anilines is 1. The number of hydrogen-bond acceptors (Lipinski definition) is 6. The van der Waals surface area contributed by atoms with Gasteiger partial charge in [0.1, 0.15) is 5.82 Å². The molecule has 3 heterocycles. The second-order valence-corrected chi connectivity index (χ2v) is 12.5. The summed E-state index contributed by atoms with van der Waals surface area (Å²) < 4.78 is 31.2. The molecule has 2 fully saturated rings. The van der Waals surface area contributed by atoms with Crippen molar-refractivity contribution in [1.29, 1.82) is 0 Å². The number of pyridine rings is 1. The maximum Gasteiger partial charge on any atom is 0.295 e. The van der Waals surface area contributed by atoms with Crippen molar-refractivity contribution in [3.63, 3.8) is 0 Å². The predicted molar refractivity (Wildman–Crippen MR) is 142 cm³/mol. The molecule has 0 bridgehead atoms. The van der Waals surface area contributed by atoms with E-state index < -0.39 is 10.0 Å². The zero-order valence-corrected chi connectivity index (χ0v) is 22.4. The van der Waals surface area contributed by atoms with Crippen molar-refractivity contribution in [3.8, 4) is 0 Å². The van der Waals surface area contributed by atoms with Gasteiger partial charge in [-0.05, 0) is 81.2 Å². The second kappa shape index (κ2) is 11.9. The standard InChI is InChI=1S/C27H40N4O4S/c1-22-8-9-25(28-21-22)31(26(32)24-7-6-20-35-24)23-10-17-30(18-11-23)19-15-27(12-4-3-5-13-27)14-16-29-36(2,33)34/h6-9,20-21,23,29H,3-5,10-19H2,1-2H3. The van der Waals surface area contributed by atoms with Gasteiger partial charge in [-0.1, -0.05) is 25.3 Å². The summed E-state index contributed by atoms with van der Waals surface area (Å²) in [7, 11) is -3.15. The normalized spacial score (nSPS) is 19.3. The summed E-state index contributed by atoms with van der Waals surface area (Å²) in [6.07, 6.45) is 14.4. The summed E-state index contributed by atoms with van der Waals surface area (Å²) >= 11 is 0. The topological polar surface area (TPSA) is 95.8 Å². The van der Waals surface area contributed by atoms with E-state index in [4.69, 9.17) is 4.42 Å². The minimum absolute atomic E-state index is 0.0663. The summed E-state index contributed by atoms with van der Waals surface area (Å²) in [5, 5.41) is 0. The Morgan fingerprint density at radius 3 is 2.53 bits per heavy atom. The number of rotatable bonds is 10. The van der Waals surface area contributed by atoms with E-state index in [-0.39, 0.29) is 17.4 Å². The number of nitrogens with zero attached hydrogens (tertiary/aromatic N) is 3. The van der Waals surface area contributed by atoms with Gasteiger partial charge in [0.2, 0.25) is 10.0 Å². The maximum atomic E-state index is 13.3. The van der Waals surface area contributed by atoms with Crippen LogP contribution in [0.4, 0.5) is 5.82 Å². The number of aryl methyl sites for hydroxylation is 1. The third-order valence-corrected chi connectivity index (χ3v) is 8.64. The largest absolute Gasteiger partial charge is 0.459 e. The number of carbonyl (C=O) groups is 1. The molecule has 1 N–H and O–H groups in total. The van der Waals surface area contributed by atoms with Crippen LogP contribution in [-0.2, 0) is 10.0 Å². The Hall–Kier alpha value is -2.23. The molecule has 2 aliphatic rings. The number of sulfonamides is 1. The molecule has 0 spiro atoms. The molecule has 1 saturated carbocycles. The third kappa shape index (κ3) is 7.17. The summed E-state index contributed by atoms with van der Waals surface area (Å²) in [6, 6.07) is 7.42. The molecule has 8 nitrogen and oxygen atoms in total. The van der Waals surface area contributed by atoms with Crippen LogP contribution < -0.4 is 9.62 Å². The van der Waals surface area contributed by atoms with Crippen LogP contribution in [0.2, 0.25) is 0 Å². The van der Waals surface area contributed by atoms with Gasteiger partial charge in [-0.2, -0.15) is 0 Å². The molecule has 198 valence electrons. The number of hydrogen-bond donors (Lipinski definition) is 1. The van der Waals surface area contributed by atoms with Crippen molar-refractivity contribution in [2.75, 3.05) is 37.3 Å². The van der Waals surface area contributed by atoms with Crippen LogP contribution in [0.5, 0.6) is 0 Å². The van der Waals surface area contributed by atoms with E-state index in [0.717, 1.165) is 50.9 Å². The van der Waals surface area contributed by atoms with Crippen molar-refractivity contribution in [2.45, 2.75) is 70.8 Å². The second-order valence-electron chi connectivity index (χ2n) is 10.6. The maximum absolute atomic E-state index is 13.3. The first-order chi connectivity index (χ1) is 17.2. The van der Waals surface area contributed by atoms with Gasteiger partial charge in [-0.15, -0.1) is 0 Å². The van der Waals surface area contributed by atoms with Gasteiger partial charge in [-0.25, -0.2) is 18.1 Å². The monoisotopic (exact) mass is 516 g/mol. The van der Waals surface area contributed by atoms with E-state index in [2.05, 4.69) is 14.6 Å². The molecule has 2 aromatic heterocycles. The first-order valence-corrected chi connectivity index (χ1v) is 15.1. The summed E-state index contributed by atoms with van der Waals surface area (Å²) in [4.78, 5) is 22.2. The lowest BCUT2D eigenvalue weighted by Gasteiger charge is -2.41. The Morgan fingerprint density at radius 1 is 1.17 bits per heavy atom. The Kier molecular flexibility index (Phi) is 8.85. The molecule has 1 amide bonds. The van der Waals surface area contributed by atoms with Crippen LogP contribution in [0.25, 0.3) is 0 Å². The van der Waals surface area contributed by atoms with Crippen LogP contribution >= 0.6 is 0 Å². The van der Waals surface area contributed by atoms with E-state index in [0.29, 0.717) is 18.1 Å². The summed E-state index contributed by atoms with van der Waals surface area (Å²) in [5.74, 6) is 0.857. The zero-order valence-electron chi connectivity index (χ0n) is 21.6. The van der Waals surface area contributed by atoms with Gasteiger partial charge in [-0.3, -0.25) is 9.69 Å². The van der Waals surface area contributed by atoms with E-state index in [1.165, 1.54) is 44.6 Å². The smallest absolute Gasteiger partial charge is 0.295 e. The molecule has 9 heteroatoms. The molecular weight excluding hydrogens is 476 g/mol. The molecular formula is C27H40N4O4S. The van der Waals surface area contributed by atoms with E-state index in [9.17, 15) is 13.2 Å². The molecule has 4 rings (SSSR count). The number of likely N-dealkylation sites (tertiary alicyclic amines) is 1. The molecule has 1 saturated heterocycles. The van der Waals surface area contributed by atoms with Crippen molar-refractivity contribution >= 4 is 21.7 Å². The number of piperidine rings is 1. The molecule has 0 atom stereocenters. The number of furan rings is 1. The molecule has 0 unspecified atom stereocenters. The number of carbonyl (C=O) groups excluding carboxylic acids is 1. The first-order valence-electron chi connectivity index (χ1n) is 13.2. The lowest BCUT2D eigenvalue weighted by Crippen LogP contribution is -2.48. The average molecular weight is 517 g/mol. The van der Waals surface area contributed by atoms with Gasteiger partial charge in [0.15, 0.2) is 5.76 Å². The molecule has 1 aliphatic carbocycles. The Morgan fingerprint density at radius 2 is 1.92 bits per heavy atom. The van der Waals surface area contributed by atoms with Crippen LogP contribution in [0.3, 0.4) is 0 Å². The fourth-order valence-corrected chi connectivity index (χ4v) is 6.28. The fourth-order valence-electron chi connectivity index (χ4n) is 5.80. The molecule has 0 aromatic carbocycles. The molecule has 1 aliphatic heterocycles. The third-order valence-electron chi connectivity index (χ3n) is 7.91. The van der Waals surface area contributed by atoms with Crippen molar-refractivity contribution < 1.29 is 17.6 Å². The van der Waals surface area contributed by atoms with E-state index in [1.54, 1.807) is 18.3 Å². The molecule has 36 heavy (non-hydrogen) atoms. The first kappa shape index (κ1) is 26.8. The Bertz CT molecular complexity index is 1070. The van der Waals surface area contributed by atoms with Gasteiger partial charge in [0.25, 0.3) is 5.91 Å². The van der Waals surface area contributed by atoms with Gasteiger partial charge in [0.05, 0.1) is 12.5 Å². The van der Waals surface area contributed by atoms with Gasteiger partial charge < -0.3 is 9.32 Å². The van der Waals surface area contributed by atoms with E-state index in [1.807, 2.05) is 24.0 Å². The highest BCUT2D eigenvalue weighted by molar-refractivity contribution is 7.88. The Labute approximate surface area is 215 Å². The average Bonchev–Trinajstić information content (AvgIpc) is 3.40. The Balaban J connectivity index is 1.37. The van der Waals surface area contributed by atoms with Gasteiger partial charge >= 0.3 is 0 Å². The van der Waals surface area contributed by atoms with Crippen molar-refractivity contribution in [1.82, 2.24) is 14.6 Å². The zero-order chi connectivity index (χ0) is 25.6. The lowest BCUT2D eigenvalue weighted by molar-refractivity contribution is 0.0918.